The Balaban J connectivity index is 1.54. The average molecular weight is 480 g/mol. The molecule has 0 aliphatic carbocycles. The first-order chi connectivity index (χ1) is 17.4. The van der Waals surface area contributed by atoms with E-state index >= 15 is 0 Å². The lowest BCUT2D eigenvalue weighted by molar-refractivity contribution is 0.0696. The second kappa shape index (κ2) is 9.38. The van der Waals surface area contributed by atoms with E-state index < -0.39 is 11.8 Å². The molecule has 0 bridgehead atoms. The fourth-order valence-electron chi connectivity index (χ4n) is 3.86. The number of carboxylic acid groups (broad SMARTS) is 1. The van der Waals surface area contributed by atoms with Crippen molar-refractivity contribution in [3.05, 3.63) is 125 Å². The number of nitrogens with one attached hydrogen (secondary N) is 1. The zero-order chi connectivity index (χ0) is 25.2. The normalized spacial score (nSPS) is 10.8. The molecule has 176 valence electrons. The molecule has 0 spiro atoms. The van der Waals surface area contributed by atoms with Crippen molar-refractivity contribution in [2.45, 2.75) is 0 Å². The predicted octanol–water partition coefficient (Wildman–Crippen LogP) is 6.62. The van der Waals surface area contributed by atoms with E-state index in [9.17, 15) is 18.4 Å². The Hall–Kier alpha value is -4.91. The van der Waals surface area contributed by atoms with E-state index in [1.807, 2.05) is 0 Å². The van der Waals surface area contributed by atoms with Crippen LogP contribution < -0.4 is 0 Å². The summed E-state index contributed by atoms with van der Waals surface area (Å²) < 4.78 is 26.8. The number of aromatic carboxylic acids is 1. The van der Waals surface area contributed by atoms with Crippen LogP contribution in [0.4, 0.5) is 8.78 Å². The van der Waals surface area contributed by atoms with Crippen LogP contribution in [-0.2, 0) is 0 Å². The largest absolute Gasteiger partial charge is 0.478 e. The van der Waals surface area contributed by atoms with Crippen molar-refractivity contribution in [1.29, 1.82) is 0 Å². The highest BCUT2D eigenvalue weighted by Crippen LogP contribution is 2.33. The van der Waals surface area contributed by atoms with Crippen molar-refractivity contribution in [3.8, 4) is 33.9 Å². The topological polar surface area (TPSA) is 83.0 Å². The number of carbonyl (C=O) groups excluding carboxylic acids is 1. The summed E-state index contributed by atoms with van der Waals surface area (Å²) in [6.07, 6.45) is 0. The minimum absolute atomic E-state index is 0.158. The van der Waals surface area contributed by atoms with Gasteiger partial charge in [0.2, 0.25) is 0 Å². The van der Waals surface area contributed by atoms with E-state index in [0.717, 1.165) is 5.56 Å². The number of hydrogen-bond acceptors (Lipinski definition) is 3. The van der Waals surface area contributed by atoms with Gasteiger partial charge in [0.15, 0.2) is 5.78 Å². The molecule has 1 heterocycles. The van der Waals surface area contributed by atoms with Crippen molar-refractivity contribution >= 4 is 11.8 Å². The Bertz CT molecular complexity index is 1560. The van der Waals surface area contributed by atoms with Gasteiger partial charge in [0.05, 0.1) is 17.0 Å². The van der Waals surface area contributed by atoms with Gasteiger partial charge in [0.25, 0.3) is 0 Å². The lowest BCUT2D eigenvalue weighted by atomic mass is 9.99. The lowest BCUT2D eigenvalue weighted by Gasteiger charge is -2.05. The van der Waals surface area contributed by atoms with Crippen LogP contribution in [0.5, 0.6) is 0 Å². The Morgan fingerprint density at radius 1 is 0.611 bits per heavy atom. The Morgan fingerprint density at radius 2 is 1.06 bits per heavy atom. The lowest BCUT2D eigenvalue weighted by Crippen LogP contribution is -2.01. The third-order valence-electron chi connectivity index (χ3n) is 5.77. The van der Waals surface area contributed by atoms with Crippen molar-refractivity contribution in [2.24, 2.45) is 0 Å². The van der Waals surface area contributed by atoms with Crippen molar-refractivity contribution in [3.63, 3.8) is 0 Å². The molecule has 36 heavy (non-hydrogen) atoms. The number of benzene rings is 4. The molecule has 5 aromatic rings. The van der Waals surface area contributed by atoms with Gasteiger partial charge in [-0.25, -0.2) is 18.6 Å². The van der Waals surface area contributed by atoms with E-state index in [4.69, 9.17) is 10.1 Å². The highest BCUT2D eigenvalue weighted by molar-refractivity contribution is 6.09. The van der Waals surface area contributed by atoms with E-state index in [0.29, 0.717) is 39.5 Å². The average Bonchev–Trinajstić information content (AvgIpc) is 3.35. The van der Waals surface area contributed by atoms with E-state index in [-0.39, 0.29) is 17.2 Å². The zero-order valence-electron chi connectivity index (χ0n) is 18.7. The molecule has 0 unspecified atom stereocenters. The molecule has 7 heteroatoms. The number of nitrogens with zero attached hydrogens (tertiary/aromatic N) is 1. The number of aromatic amines is 1. The Kier molecular flexibility index (Phi) is 5.96. The fourth-order valence-corrected chi connectivity index (χ4v) is 3.86. The summed E-state index contributed by atoms with van der Waals surface area (Å²) in [5.74, 6) is -1.53. The first-order valence-electron chi connectivity index (χ1n) is 11.0. The van der Waals surface area contributed by atoms with Gasteiger partial charge in [0, 0.05) is 27.8 Å². The first-order valence-corrected chi connectivity index (χ1v) is 11.0. The van der Waals surface area contributed by atoms with Gasteiger partial charge in [-0.2, -0.15) is 0 Å². The molecule has 2 N–H and O–H groups in total. The fraction of sp³-hybridized carbons (Fsp3) is 0. The summed E-state index contributed by atoms with van der Waals surface area (Å²) in [5.41, 5.74) is 4.30. The second-order valence-electron chi connectivity index (χ2n) is 8.11. The van der Waals surface area contributed by atoms with Crippen LogP contribution in [0.2, 0.25) is 0 Å². The van der Waals surface area contributed by atoms with Crippen LogP contribution in [0.3, 0.4) is 0 Å². The van der Waals surface area contributed by atoms with E-state index in [1.165, 1.54) is 48.5 Å². The quantitative estimate of drug-likeness (QED) is 0.268. The van der Waals surface area contributed by atoms with Gasteiger partial charge in [-0.15, -0.1) is 0 Å². The molecule has 0 saturated heterocycles. The van der Waals surface area contributed by atoms with Crippen LogP contribution in [0.1, 0.15) is 26.3 Å². The van der Waals surface area contributed by atoms with Gasteiger partial charge in [0.1, 0.15) is 17.5 Å². The number of carbonyl (C=O) groups is 2. The highest BCUT2D eigenvalue weighted by Gasteiger charge is 2.17. The number of H-pyrrole nitrogens is 1. The number of aromatic nitrogens is 2. The van der Waals surface area contributed by atoms with E-state index in [1.54, 1.807) is 48.5 Å². The summed E-state index contributed by atoms with van der Waals surface area (Å²) in [7, 11) is 0. The van der Waals surface area contributed by atoms with Gasteiger partial charge < -0.3 is 10.1 Å². The van der Waals surface area contributed by atoms with Crippen LogP contribution in [0.15, 0.2) is 97.1 Å². The number of hydrogen-bond donors (Lipinski definition) is 2. The van der Waals surface area contributed by atoms with Gasteiger partial charge >= 0.3 is 5.97 Å². The monoisotopic (exact) mass is 480 g/mol. The molecular weight excluding hydrogens is 462 g/mol. The molecular formula is C29H18F2N2O3. The van der Waals surface area contributed by atoms with Crippen LogP contribution in [0, 0.1) is 11.6 Å². The van der Waals surface area contributed by atoms with Gasteiger partial charge in [-0.05, 0) is 60.7 Å². The number of ketones is 1. The molecule has 0 amide bonds. The van der Waals surface area contributed by atoms with Crippen LogP contribution >= 0.6 is 0 Å². The highest BCUT2D eigenvalue weighted by atomic mass is 19.1. The summed E-state index contributed by atoms with van der Waals surface area (Å²) in [5, 5.41) is 9.17. The SMILES string of the molecule is O=C(O)c1ccc(-c2nc(-c3ccc(C(=O)c4ccc(F)cc4)cc3)c(-c3ccc(F)cc3)[nH]2)cc1. The summed E-state index contributed by atoms with van der Waals surface area (Å²) >= 11 is 0. The molecule has 0 aliphatic rings. The number of rotatable bonds is 6. The standard InChI is InChI=1S/C29H18F2N2O3/c30-23-13-9-18(10-14-23)26-25(32-28(33-26)21-5-7-22(8-6-21)29(35)36)17-1-3-19(4-2-17)27(34)20-11-15-24(31)16-12-20/h1-16H,(H,32,33)(H,35,36). The van der Waals surface area contributed by atoms with E-state index in [2.05, 4.69) is 4.98 Å². The van der Waals surface area contributed by atoms with Crippen molar-refractivity contribution < 1.29 is 23.5 Å². The molecule has 5 rings (SSSR count). The summed E-state index contributed by atoms with van der Waals surface area (Å²) in [6, 6.07) is 24.5. The summed E-state index contributed by atoms with van der Waals surface area (Å²) in [4.78, 5) is 32.0. The van der Waals surface area contributed by atoms with Crippen LogP contribution in [-0.4, -0.2) is 26.8 Å². The maximum atomic E-state index is 13.6. The maximum absolute atomic E-state index is 13.6. The molecule has 1 aromatic heterocycles. The molecule has 0 fully saturated rings. The first kappa shape index (κ1) is 22.9. The molecule has 0 aliphatic heterocycles. The number of halogens is 2. The van der Waals surface area contributed by atoms with Gasteiger partial charge in [-0.1, -0.05) is 36.4 Å². The second-order valence-corrected chi connectivity index (χ2v) is 8.11. The van der Waals surface area contributed by atoms with Crippen LogP contribution in [0.25, 0.3) is 33.9 Å². The molecule has 0 saturated carbocycles. The van der Waals surface area contributed by atoms with Crippen molar-refractivity contribution in [1.82, 2.24) is 9.97 Å². The molecule has 4 aromatic carbocycles. The zero-order valence-corrected chi connectivity index (χ0v) is 18.7. The minimum Gasteiger partial charge on any atom is -0.478 e. The summed E-state index contributed by atoms with van der Waals surface area (Å²) in [6.45, 7) is 0. The smallest absolute Gasteiger partial charge is 0.335 e. The third-order valence-corrected chi connectivity index (χ3v) is 5.77. The molecule has 0 atom stereocenters. The van der Waals surface area contributed by atoms with Crippen molar-refractivity contribution in [2.75, 3.05) is 0 Å². The molecule has 0 radical (unpaired) electrons. The third kappa shape index (κ3) is 4.54. The Labute approximate surface area is 204 Å². The number of carboxylic acids is 1. The predicted molar refractivity (Wildman–Crippen MR) is 132 cm³/mol. The Morgan fingerprint density at radius 3 is 1.61 bits per heavy atom. The van der Waals surface area contributed by atoms with Gasteiger partial charge in [-0.3, -0.25) is 4.79 Å². The number of imidazole rings is 1. The molecule has 5 nitrogen and oxygen atoms in total. The maximum Gasteiger partial charge on any atom is 0.335 e. The minimum atomic E-state index is -1.02.